The third-order valence-electron chi connectivity index (χ3n) is 3.33. The van der Waals surface area contributed by atoms with Gasteiger partial charge in [-0.3, -0.25) is 9.59 Å². The number of aliphatic carboxylic acids is 1. The summed E-state index contributed by atoms with van der Waals surface area (Å²) in [7, 11) is 1.50. The third-order valence-corrected chi connectivity index (χ3v) is 3.33. The van der Waals surface area contributed by atoms with Crippen molar-refractivity contribution in [3.8, 4) is 0 Å². The van der Waals surface area contributed by atoms with Gasteiger partial charge in [-0.05, 0) is 6.92 Å². The van der Waals surface area contributed by atoms with Crippen LogP contribution in [0.1, 0.15) is 23.2 Å². The first-order valence-corrected chi connectivity index (χ1v) is 6.04. The molecule has 2 heterocycles. The van der Waals surface area contributed by atoms with Crippen molar-refractivity contribution in [2.75, 3.05) is 20.3 Å². The zero-order valence-electron chi connectivity index (χ0n) is 11.2. The summed E-state index contributed by atoms with van der Waals surface area (Å²) < 4.78 is 14.9. The number of nitrogens with zero attached hydrogens (tertiary/aromatic N) is 1. The molecule has 2 atom stereocenters. The lowest BCUT2D eigenvalue weighted by Gasteiger charge is -2.24. The van der Waals surface area contributed by atoms with Crippen molar-refractivity contribution < 1.29 is 28.7 Å². The van der Waals surface area contributed by atoms with Crippen molar-refractivity contribution in [2.24, 2.45) is 5.41 Å². The molecule has 1 saturated heterocycles. The summed E-state index contributed by atoms with van der Waals surface area (Å²) in [6.07, 6.45) is 0. The van der Waals surface area contributed by atoms with Crippen molar-refractivity contribution in [2.45, 2.75) is 19.6 Å². The summed E-state index contributed by atoms with van der Waals surface area (Å²) in [6, 6.07) is 0.835. The Morgan fingerprint density at radius 1 is 1.65 bits per heavy atom. The monoisotopic (exact) mass is 284 g/mol. The molecule has 1 fully saturated rings. The molecule has 8 heteroatoms. The number of carbonyl (C=O) groups is 2. The zero-order chi connectivity index (χ0) is 14.8. The molecule has 0 saturated carbocycles. The summed E-state index contributed by atoms with van der Waals surface area (Å²) in [4.78, 5) is 23.3. The lowest BCUT2D eigenvalue weighted by atomic mass is 9.85. The predicted octanol–water partition coefficient (Wildman–Crippen LogP) is 0.0405. The van der Waals surface area contributed by atoms with Gasteiger partial charge in [0.25, 0.3) is 5.91 Å². The van der Waals surface area contributed by atoms with Crippen molar-refractivity contribution in [1.82, 2.24) is 10.5 Å². The first-order valence-electron chi connectivity index (χ1n) is 6.04. The average molecular weight is 284 g/mol. The Kier molecular flexibility index (Phi) is 4.05. The van der Waals surface area contributed by atoms with E-state index in [9.17, 15) is 14.7 Å². The normalized spacial score (nSPS) is 25.6. The Bertz CT molecular complexity index is 514. The number of rotatable bonds is 5. The molecule has 1 aromatic rings. The van der Waals surface area contributed by atoms with Crippen molar-refractivity contribution in [3.63, 3.8) is 0 Å². The molecular weight excluding hydrogens is 268 g/mol. The molecule has 1 amide bonds. The fourth-order valence-corrected chi connectivity index (χ4v) is 1.95. The SMILES string of the molecule is COCc1cc(C(=O)NC2COCC2(C)C(=O)O)no1. The molecule has 20 heavy (non-hydrogen) atoms. The van der Waals surface area contributed by atoms with Crippen LogP contribution in [-0.2, 0) is 20.9 Å². The minimum Gasteiger partial charge on any atom is -0.481 e. The summed E-state index contributed by atoms with van der Waals surface area (Å²) in [5.74, 6) is -1.10. The molecular formula is C12H16N2O6. The van der Waals surface area contributed by atoms with Gasteiger partial charge < -0.3 is 24.4 Å². The Morgan fingerprint density at radius 3 is 3.05 bits per heavy atom. The smallest absolute Gasteiger partial charge is 0.313 e. The first kappa shape index (κ1) is 14.5. The highest BCUT2D eigenvalue weighted by Gasteiger charge is 2.47. The van der Waals surface area contributed by atoms with E-state index in [0.717, 1.165) is 0 Å². The number of methoxy groups -OCH3 is 1. The van der Waals surface area contributed by atoms with Gasteiger partial charge in [-0.2, -0.15) is 0 Å². The molecule has 0 radical (unpaired) electrons. The minimum absolute atomic E-state index is 0.0566. The molecule has 0 bridgehead atoms. The van der Waals surface area contributed by atoms with E-state index in [1.165, 1.54) is 20.1 Å². The van der Waals surface area contributed by atoms with Gasteiger partial charge in [0.05, 0.1) is 19.3 Å². The van der Waals surface area contributed by atoms with Crippen molar-refractivity contribution in [3.05, 3.63) is 17.5 Å². The van der Waals surface area contributed by atoms with Gasteiger partial charge in [-0.15, -0.1) is 0 Å². The Hall–Kier alpha value is -1.93. The van der Waals surface area contributed by atoms with Crippen molar-refractivity contribution >= 4 is 11.9 Å². The number of amides is 1. The predicted molar refractivity (Wildman–Crippen MR) is 65.0 cm³/mol. The van der Waals surface area contributed by atoms with Crippen LogP contribution in [0.15, 0.2) is 10.6 Å². The summed E-state index contributed by atoms with van der Waals surface area (Å²) in [6.45, 7) is 1.95. The first-order chi connectivity index (χ1) is 9.47. The number of aromatic nitrogens is 1. The van der Waals surface area contributed by atoms with E-state index in [4.69, 9.17) is 14.0 Å². The van der Waals surface area contributed by atoms with Crippen LogP contribution in [0, 0.1) is 5.41 Å². The molecule has 2 unspecified atom stereocenters. The van der Waals surface area contributed by atoms with Crippen LogP contribution >= 0.6 is 0 Å². The summed E-state index contributed by atoms with van der Waals surface area (Å²) in [5.41, 5.74) is -1.06. The lowest BCUT2D eigenvalue weighted by molar-refractivity contribution is -0.148. The molecule has 110 valence electrons. The Balaban J connectivity index is 2.05. The highest BCUT2D eigenvalue weighted by Crippen LogP contribution is 2.28. The van der Waals surface area contributed by atoms with Crippen LogP contribution in [-0.4, -0.2) is 48.5 Å². The number of nitrogens with one attached hydrogen (secondary N) is 1. The van der Waals surface area contributed by atoms with Gasteiger partial charge in [-0.1, -0.05) is 5.16 Å². The van der Waals surface area contributed by atoms with Crippen LogP contribution in [0.2, 0.25) is 0 Å². The number of carbonyl (C=O) groups excluding carboxylic acids is 1. The number of hydrogen-bond acceptors (Lipinski definition) is 6. The molecule has 0 aliphatic carbocycles. The van der Waals surface area contributed by atoms with E-state index < -0.39 is 23.3 Å². The maximum atomic E-state index is 12.0. The van der Waals surface area contributed by atoms with Gasteiger partial charge >= 0.3 is 5.97 Å². The Labute approximate surface area is 115 Å². The molecule has 2 N–H and O–H groups in total. The van der Waals surface area contributed by atoms with Crippen LogP contribution in [0.25, 0.3) is 0 Å². The van der Waals surface area contributed by atoms with Gasteiger partial charge in [0.15, 0.2) is 11.5 Å². The van der Waals surface area contributed by atoms with Gasteiger partial charge in [0, 0.05) is 13.2 Å². The summed E-state index contributed by atoms with van der Waals surface area (Å²) in [5, 5.41) is 15.4. The summed E-state index contributed by atoms with van der Waals surface area (Å²) >= 11 is 0. The van der Waals surface area contributed by atoms with E-state index >= 15 is 0 Å². The number of hydrogen-bond donors (Lipinski definition) is 2. The molecule has 2 rings (SSSR count). The second kappa shape index (κ2) is 5.59. The molecule has 0 aromatic carbocycles. The second-order valence-corrected chi connectivity index (χ2v) is 4.88. The fraction of sp³-hybridized carbons (Fsp3) is 0.583. The van der Waals surface area contributed by atoms with Crippen molar-refractivity contribution in [1.29, 1.82) is 0 Å². The molecule has 1 aromatic heterocycles. The molecule has 1 aliphatic rings. The molecule has 8 nitrogen and oxygen atoms in total. The topological polar surface area (TPSA) is 111 Å². The molecule has 1 aliphatic heterocycles. The highest BCUT2D eigenvalue weighted by atomic mass is 16.5. The Morgan fingerprint density at radius 2 is 2.40 bits per heavy atom. The van der Waals surface area contributed by atoms with E-state index in [0.29, 0.717) is 5.76 Å². The minimum atomic E-state index is -1.14. The van der Waals surface area contributed by atoms with E-state index in [1.54, 1.807) is 0 Å². The van der Waals surface area contributed by atoms with E-state index in [2.05, 4.69) is 10.5 Å². The van der Waals surface area contributed by atoms with E-state index in [1.807, 2.05) is 0 Å². The largest absolute Gasteiger partial charge is 0.481 e. The third kappa shape index (κ3) is 2.66. The van der Waals surface area contributed by atoms with Crippen LogP contribution in [0.4, 0.5) is 0 Å². The zero-order valence-corrected chi connectivity index (χ0v) is 11.2. The number of carboxylic acids is 1. The van der Waals surface area contributed by atoms with Crippen LogP contribution < -0.4 is 5.32 Å². The van der Waals surface area contributed by atoms with Gasteiger partial charge in [0.1, 0.15) is 12.0 Å². The lowest BCUT2D eigenvalue weighted by Crippen LogP contribution is -2.49. The molecule has 0 spiro atoms. The van der Waals surface area contributed by atoms with Crippen LogP contribution in [0.3, 0.4) is 0 Å². The number of ether oxygens (including phenoxy) is 2. The average Bonchev–Trinajstić information content (AvgIpc) is 2.99. The quantitative estimate of drug-likeness (QED) is 0.785. The highest BCUT2D eigenvalue weighted by molar-refractivity contribution is 5.93. The van der Waals surface area contributed by atoms with Crippen LogP contribution in [0.5, 0.6) is 0 Å². The van der Waals surface area contributed by atoms with E-state index in [-0.39, 0.29) is 25.5 Å². The van der Waals surface area contributed by atoms with Gasteiger partial charge in [0.2, 0.25) is 0 Å². The second-order valence-electron chi connectivity index (χ2n) is 4.88. The maximum Gasteiger partial charge on any atom is 0.313 e. The van der Waals surface area contributed by atoms with Gasteiger partial charge in [-0.25, -0.2) is 0 Å². The number of carboxylic acid groups (broad SMARTS) is 1. The maximum absolute atomic E-state index is 12.0. The fourth-order valence-electron chi connectivity index (χ4n) is 1.95. The standard InChI is InChI=1S/C12H16N2O6/c1-12(11(16)17)6-19-5-9(12)13-10(15)8-3-7(4-18-2)20-14-8/h3,9H,4-6H2,1-2H3,(H,13,15)(H,16,17).